The number of pyridine rings is 2. The van der Waals surface area contributed by atoms with E-state index in [0.29, 0.717) is 28.9 Å². The number of para-hydroxylation sites is 1. The molecule has 0 saturated heterocycles. The summed E-state index contributed by atoms with van der Waals surface area (Å²) < 4.78 is 28.9. The zero-order valence-corrected chi connectivity index (χ0v) is 19.5. The number of aromatic amines is 1. The molecule has 0 aliphatic carbocycles. The molecule has 1 aromatic carbocycles. The van der Waals surface area contributed by atoms with Crippen molar-refractivity contribution in [2.45, 2.75) is 25.2 Å². The number of anilines is 1. The summed E-state index contributed by atoms with van der Waals surface area (Å²) in [4.78, 5) is 21.4. The molecule has 172 valence electrons. The van der Waals surface area contributed by atoms with Gasteiger partial charge in [0.1, 0.15) is 11.0 Å². The smallest absolute Gasteiger partial charge is 0.276 e. The molecule has 3 aromatic heterocycles. The Balaban J connectivity index is 1.64. The first kappa shape index (κ1) is 22.9. The van der Waals surface area contributed by atoms with Crippen LogP contribution in [0.15, 0.2) is 76.8 Å². The van der Waals surface area contributed by atoms with Crippen molar-refractivity contribution in [2.75, 3.05) is 10.8 Å². The molecule has 0 saturated carbocycles. The quantitative estimate of drug-likeness (QED) is 0.439. The summed E-state index contributed by atoms with van der Waals surface area (Å²) in [6, 6.07) is 15.5. The molecule has 9 nitrogen and oxygen atoms in total. The Morgan fingerprint density at radius 1 is 1.12 bits per heavy atom. The van der Waals surface area contributed by atoms with Gasteiger partial charge in [0.2, 0.25) is 0 Å². The maximum Gasteiger partial charge on any atom is 0.276 e. The Labute approximate surface area is 197 Å². The molecule has 0 amide bonds. The molecule has 0 radical (unpaired) electrons. The van der Waals surface area contributed by atoms with E-state index in [4.69, 9.17) is 5.26 Å². The Bertz CT molecular complexity index is 1520. The van der Waals surface area contributed by atoms with Crippen molar-refractivity contribution in [3.63, 3.8) is 0 Å². The Morgan fingerprint density at radius 3 is 2.53 bits per heavy atom. The second-order valence-corrected chi connectivity index (χ2v) is 9.45. The van der Waals surface area contributed by atoms with E-state index in [1.807, 2.05) is 12.1 Å². The molecule has 3 heterocycles. The minimum Gasteiger partial charge on any atom is -0.294 e. The van der Waals surface area contributed by atoms with Crippen molar-refractivity contribution in [1.82, 2.24) is 19.7 Å². The molecule has 0 fully saturated rings. The first-order valence-electron chi connectivity index (χ1n) is 10.5. The fourth-order valence-corrected chi connectivity index (χ4v) is 5.09. The van der Waals surface area contributed by atoms with Gasteiger partial charge < -0.3 is 0 Å². The van der Waals surface area contributed by atoms with Gasteiger partial charge in [-0.25, -0.2) is 18.1 Å². The molecule has 0 atom stereocenters. The lowest BCUT2D eigenvalue weighted by atomic mass is 10.1. The number of sulfonamides is 1. The van der Waals surface area contributed by atoms with Crippen molar-refractivity contribution >= 4 is 15.7 Å². The minimum absolute atomic E-state index is 0.0258. The standard InChI is InChI=1S/C24H22N6O3S/c1-3-29(20-7-5-4-6-8-20)34(32,33)21-9-10-23(27-16-21)30-24(31)22(17(2)28-30)12-18-11-19(13-25)15-26-14-18/h4-11,14-16,28H,3,12H2,1-2H3. The summed E-state index contributed by atoms with van der Waals surface area (Å²) in [7, 11) is -3.82. The van der Waals surface area contributed by atoms with E-state index in [-0.39, 0.29) is 22.8 Å². The van der Waals surface area contributed by atoms with Gasteiger partial charge in [-0.3, -0.25) is 19.2 Å². The second kappa shape index (κ2) is 9.33. The summed E-state index contributed by atoms with van der Waals surface area (Å²) in [5.74, 6) is 0.268. The fourth-order valence-electron chi connectivity index (χ4n) is 3.67. The number of nitrogens with zero attached hydrogens (tertiary/aromatic N) is 5. The summed E-state index contributed by atoms with van der Waals surface area (Å²) in [6.45, 7) is 3.79. The second-order valence-electron chi connectivity index (χ2n) is 7.58. The zero-order chi connectivity index (χ0) is 24.3. The van der Waals surface area contributed by atoms with Crippen LogP contribution in [-0.2, 0) is 16.4 Å². The Hall–Kier alpha value is -4.23. The topological polar surface area (TPSA) is 125 Å². The van der Waals surface area contributed by atoms with Crippen molar-refractivity contribution in [2.24, 2.45) is 0 Å². The molecule has 0 aliphatic rings. The normalized spacial score (nSPS) is 11.2. The van der Waals surface area contributed by atoms with Gasteiger partial charge >= 0.3 is 0 Å². The first-order valence-corrected chi connectivity index (χ1v) is 12.0. The highest BCUT2D eigenvalue weighted by Gasteiger charge is 2.24. The third-order valence-electron chi connectivity index (χ3n) is 5.37. The van der Waals surface area contributed by atoms with Crippen LogP contribution in [0, 0.1) is 18.3 Å². The van der Waals surface area contributed by atoms with Gasteiger partial charge in [-0.15, -0.1) is 0 Å². The maximum absolute atomic E-state index is 13.2. The van der Waals surface area contributed by atoms with Gasteiger partial charge in [-0.1, -0.05) is 18.2 Å². The van der Waals surface area contributed by atoms with Crippen LogP contribution in [-0.4, -0.2) is 34.7 Å². The van der Waals surface area contributed by atoms with Crippen LogP contribution in [0.1, 0.15) is 29.3 Å². The first-order chi connectivity index (χ1) is 16.3. The Morgan fingerprint density at radius 2 is 1.88 bits per heavy atom. The van der Waals surface area contributed by atoms with E-state index >= 15 is 0 Å². The molecular formula is C24H22N6O3S. The van der Waals surface area contributed by atoms with Crippen LogP contribution in [0.4, 0.5) is 5.69 Å². The fraction of sp³-hybridized carbons (Fsp3) is 0.167. The molecule has 4 rings (SSSR count). The zero-order valence-electron chi connectivity index (χ0n) is 18.6. The molecule has 4 aromatic rings. The molecule has 0 bridgehead atoms. The number of H-pyrrole nitrogens is 1. The monoisotopic (exact) mass is 474 g/mol. The number of aromatic nitrogens is 4. The van der Waals surface area contributed by atoms with Crippen LogP contribution >= 0.6 is 0 Å². The lowest BCUT2D eigenvalue weighted by Crippen LogP contribution is -2.30. The van der Waals surface area contributed by atoms with Crippen LogP contribution in [0.3, 0.4) is 0 Å². The lowest BCUT2D eigenvalue weighted by molar-refractivity contribution is 0.591. The molecule has 34 heavy (non-hydrogen) atoms. The number of hydrogen-bond donors (Lipinski definition) is 1. The van der Waals surface area contributed by atoms with Crippen LogP contribution in [0.5, 0.6) is 0 Å². The van der Waals surface area contributed by atoms with Crippen LogP contribution in [0.25, 0.3) is 5.82 Å². The van der Waals surface area contributed by atoms with Gasteiger partial charge in [0.25, 0.3) is 15.6 Å². The minimum atomic E-state index is -3.82. The van der Waals surface area contributed by atoms with E-state index in [1.54, 1.807) is 50.4 Å². The highest BCUT2D eigenvalue weighted by molar-refractivity contribution is 7.92. The van der Waals surface area contributed by atoms with Gasteiger partial charge in [-0.2, -0.15) is 5.26 Å². The average Bonchev–Trinajstić information content (AvgIpc) is 3.13. The molecule has 0 spiro atoms. The highest BCUT2D eigenvalue weighted by atomic mass is 32.2. The van der Waals surface area contributed by atoms with E-state index in [0.717, 1.165) is 5.56 Å². The van der Waals surface area contributed by atoms with Crippen LogP contribution < -0.4 is 9.86 Å². The summed E-state index contributed by atoms with van der Waals surface area (Å²) in [5, 5.41) is 12.1. The molecule has 1 N–H and O–H groups in total. The number of rotatable bonds is 7. The number of nitriles is 1. The van der Waals surface area contributed by atoms with E-state index in [9.17, 15) is 13.2 Å². The molecule has 10 heteroatoms. The van der Waals surface area contributed by atoms with Crippen molar-refractivity contribution in [3.05, 3.63) is 99.9 Å². The third-order valence-corrected chi connectivity index (χ3v) is 7.25. The average molecular weight is 475 g/mol. The predicted molar refractivity (Wildman–Crippen MR) is 127 cm³/mol. The van der Waals surface area contributed by atoms with Crippen molar-refractivity contribution in [1.29, 1.82) is 5.26 Å². The number of benzene rings is 1. The van der Waals surface area contributed by atoms with Gasteiger partial charge in [0, 0.05) is 42.8 Å². The number of nitrogens with one attached hydrogen (secondary N) is 1. The van der Waals surface area contributed by atoms with Gasteiger partial charge in [-0.05, 0) is 49.7 Å². The SMILES string of the molecule is CCN(c1ccccc1)S(=O)(=O)c1ccc(-n2[nH]c(C)c(Cc3cncc(C#N)c3)c2=O)nc1. The number of hydrogen-bond acceptors (Lipinski definition) is 6. The summed E-state index contributed by atoms with van der Waals surface area (Å²) in [5.41, 5.74) is 2.57. The molecule has 0 aliphatic heterocycles. The largest absolute Gasteiger partial charge is 0.294 e. The lowest BCUT2D eigenvalue weighted by Gasteiger charge is -2.22. The maximum atomic E-state index is 13.2. The van der Waals surface area contributed by atoms with Crippen LogP contribution in [0.2, 0.25) is 0 Å². The van der Waals surface area contributed by atoms with E-state index < -0.39 is 10.0 Å². The highest BCUT2D eigenvalue weighted by Crippen LogP contribution is 2.23. The molecular weight excluding hydrogens is 452 g/mol. The summed E-state index contributed by atoms with van der Waals surface area (Å²) >= 11 is 0. The van der Waals surface area contributed by atoms with Gasteiger partial charge in [0.15, 0.2) is 5.82 Å². The summed E-state index contributed by atoms with van der Waals surface area (Å²) in [6.07, 6.45) is 4.62. The predicted octanol–water partition coefficient (Wildman–Crippen LogP) is 2.94. The Kier molecular flexibility index (Phi) is 6.30. The molecule has 0 unspecified atom stereocenters. The van der Waals surface area contributed by atoms with Crippen molar-refractivity contribution in [3.8, 4) is 11.9 Å². The van der Waals surface area contributed by atoms with Gasteiger partial charge in [0.05, 0.1) is 11.3 Å². The van der Waals surface area contributed by atoms with Crippen molar-refractivity contribution < 1.29 is 8.42 Å². The van der Waals surface area contributed by atoms with E-state index in [1.165, 1.54) is 33.5 Å². The third kappa shape index (κ3) is 4.33. The van der Waals surface area contributed by atoms with E-state index in [2.05, 4.69) is 15.1 Å². The number of aryl methyl sites for hydroxylation is 1.